The lowest BCUT2D eigenvalue weighted by atomic mass is 10.2. The van der Waals surface area contributed by atoms with Gasteiger partial charge in [0.05, 0.1) is 12.2 Å². The summed E-state index contributed by atoms with van der Waals surface area (Å²) in [5.74, 6) is -0.787. The van der Waals surface area contributed by atoms with Crippen molar-refractivity contribution >= 4 is 5.97 Å². The maximum absolute atomic E-state index is 10.5. The van der Waals surface area contributed by atoms with Gasteiger partial charge in [0.2, 0.25) is 0 Å². The summed E-state index contributed by atoms with van der Waals surface area (Å²) in [6.45, 7) is 4.55. The first-order valence-corrected chi connectivity index (χ1v) is 4.21. The number of rotatable bonds is 3. The zero-order valence-corrected chi connectivity index (χ0v) is 7.41. The fourth-order valence-electron chi connectivity index (χ4n) is 1.38. The van der Waals surface area contributed by atoms with Gasteiger partial charge in [0.15, 0.2) is 0 Å². The highest BCUT2D eigenvalue weighted by molar-refractivity contribution is 5.73. The molecule has 0 aromatic carbocycles. The Balaban J connectivity index is 2.30. The van der Waals surface area contributed by atoms with Crippen LogP contribution < -0.4 is 5.32 Å². The first kappa shape index (κ1) is 9.48. The van der Waals surface area contributed by atoms with E-state index in [1.807, 2.05) is 13.8 Å². The molecule has 1 aliphatic heterocycles. The van der Waals surface area contributed by atoms with Gasteiger partial charge in [-0.2, -0.15) is 0 Å². The lowest BCUT2D eigenvalue weighted by Crippen LogP contribution is -2.30. The Morgan fingerprint density at radius 3 is 2.75 bits per heavy atom. The fraction of sp³-hybridized carbons (Fsp3) is 0.875. The molecule has 1 heterocycles. The molecule has 1 unspecified atom stereocenters. The van der Waals surface area contributed by atoms with E-state index in [1.54, 1.807) is 0 Å². The van der Waals surface area contributed by atoms with E-state index in [4.69, 9.17) is 9.84 Å². The average molecular weight is 173 g/mol. The highest BCUT2D eigenvalue weighted by atomic mass is 16.5. The van der Waals surface area contributed by atoms with Gasteiger partial charge in [-0.05, 0) is 13.8 Å². The van der Waals surface area contributed by atoms with Crippen molar-refractivity contribution in [3.8, 4) is 0 Å². The van der Waals surface area contributed by atoms with Gasteiger partial charge in [-0.25, -0.2) is 0 Å². The minimum Gasteiger partial charge on any atom is -0.480 e. The Kier molecular flexibility index (Phi) is 3.05. The van der Waals surface area contributed by atoms with E-state index >= 15 is 0 Å². The third-order valence-corrected chi connectivity index (χ3v) is 1.85. The molecule has 0 bridgehead atoms. The standard InChI is InChI=1S/C8H15NO3/c1-5(2)12-6-3-7(8(10)11)9-4-6/h5-7,9H,3-4H2,1-2H3,(H,10,11)/t6?,7-/m1/s1. The molecule has 0 aromatic rings. The highest BCUT2D eigenvalue weighted by Crippen LogP contribution is 2.12. The van der Waals surface area contributed by atoms with Crippen LogP contribution in [0, 0.1) is 0 Å². The second-order valence-electron chi connectivity index (χ2n) is 3.34. The molecule has 1 aliphatic rings. The summed E-state index contributed by atoms with van der Waals surface area (Å²) in [6, 6.07) is -0.422. The molecule has 4 nitrogen and oxygen atoms in total. The average Bonchev–Trinajstić information content (AvgIpc) is 2.34. The van der Waals surface area contributed by atoms with Crippen LogP contribution in [0.15, 0.2) is 0 Å². The van der Waals surface area contributed by atoms with Gasteiger partial charge in [-0.3, -0.25) is 4.79 Å². The van der Waals surface area contributed by atoms with Gasteiger partial charge in [0.1, 0.15) is 6.04 Å². The van der Waals surface area contributed by atoms with Crippen LogP contribution in [0.3, 0.4) is 0 Å². The Labute approximate surface area is 71.9 Å². The molecule has 0 radical (unpaired) electrons. The molecule has 0 aromatic heterocycles. The van der Waals surface area contributed by atoms with Crippen LogP contribution in [0.5, 0.6) is 0 Å². The van der Waals surface area contributed by atoms with Gasteiger partial charge in [-0.15, -0.1) is 0 Å². The molecule has 70 valence electrons. The maximum atomic E-state index is 10.5. The van der Waals surface area contributed by atoms with Crippen molar-refractivity contribution in [2.75, 3.05) is 6.54 Å². The molecule has 1 rings (SSSR count). The van der Waals surface area contributed by atoms with E-state index in [-0.39, 0.29) is 12.2 Å². The molecule has 1 fully saturated rings. The summed E-state index contributed by atoms with van der Waals surface area (Å²) in [6.07, 6.45) is 0.809. The van der Waals surface area contributed by atoms with E-state index in [0.29, 0.717) is 13.0 Å². The number of aliphatic carboxylic acids is 1. The molecule has 0 aliphatic carbocycles. The highest BCUT2D eigenvalue weighted by Gasteiger charge is 2.29. The van der Waals surface area contributed by atoms with Crippen molar-refractivity contribution in [1.82, 2.24) is 5.32 Å². The van der Waals surface area contributed by atoms with Crippen molar-refractivity contribution in [1.29, 1.82) is 0 Å². The van der Waals surface area contributed by atoms with Gasteiger partial charge in [0, 0.05) is 13.0 Å². The molecule has 1 saturated heterocycles. The van der Waals surface area contributed by atoms with Crippen LogP contribution in [-0.2, 0) is 9.53 Å². The molecule has 0 amide bonds. The summed E-state index contributed by atoms with van der Waals surface area (Å²) >= 11 is 0. The zero-order valence-electron chi connectivity index (χ0n) is 7.41. The topological polar surface area (TPSA) is 58.6 Å². The van der Waals surface area contributed by atoms with Crippen LogP contribution in [0.4, 0.5) is 0 Å². The van der Waals surface area contributed by atoms with Crippen molar-refractivity contribution in [3.63, 3.8) is 0 Å². The molecular weight excluding hydrogens is 158 g/mol. The number of ether oxygens (including phenoxy) is 1. The Morgan fingerprint density at radius 1 is 1.67 bits per heavy atom. The quantitative estimate of drug-likeness (QED) is 0.641. The smallest absolute Gasteiger partial charge is 0.320 e. The molecular formula is C8H15NO3. The first-order chi connectivity index (χ1) is 5.59. The largest absolute Gasteiger partial charge is 0.480 e. The second kappa shape index (κ2) is 3.87. The van der Waals surface area contributed by atoms with Crippen molar-refractivity contribution in [2.45, 2.75) is 38.5 Å². The predicted octanol–water partition coefficient (Wildman–Crippen LogP) is 0.226. The van der Waals surface area contributed by atoms with E-state index < -0.39 is 12.0 Å². The number of hydrogen-bond donors (Lipinski definition) is 2. The fourth-order valence-corrected chi connectivity index (χ4v) is 1.38. The monoisotopic (exact) mass is 173 g/mol. The number of nitrogens with one attached hydrogen (secondary N) is 1. The van der Waals surface area contributed by atoms with Crippen LogP contribution in [-0.4, -0.2) is 35.9 Å². The second-order valence-corrected chi connectivity index (χ2v) is 3.34. The normalized spacial score (nSPS) is 29.6. The lowest BCUT2D eigenvalue weighted by molar-refractivity contribution is -0.139. The van der Waals surface area contributed by atoms with Crippen molar-refractivity contribution in [3.05, 3.63) is 0 Å². The number of carboxylic acids is 1. The number of carboxylic acid groups (broad SMARTS) is 1. The Morgan fingerprint density at radius 2 is 2.33 bits per heavy atom. The Bertz CT molecular complexity index is 170. The minimum atomic E-state index is -0.787. The number of hydrogen-bond acceptors (Lipinski definition) is 3. The van der Waals surface area contributed by atoms with E-state index in [1.165, 1.54) is 0 Å². The van der Waals surface area contributed by atoms with E-state index in [2.05, 4.69) is 5.32 Å². The summed E-state index contributed by atoms with van der Waals surface area (Å²) in [5, 5.41) is 11.5. The van der Waals surface area contributed by atoms with Crippen LogP contribution >= 0.6 is 0 Å². The van der Waals surface area contributed by atoms with Gasteiger partial charge in [0.25, 0.3) is 0 Å². The molecule has 2 atom stereocenters. The molecule has 4 heteroatoms. The van der Waals surface area contributed by atoms with E-state index in [0.717, 1.165) is 0 Å². The molecule has 12 heavy (non-hydrogen) atoms. The van der Waals surface area contributed by atoms with E-state index in [9.17, 15) is 4.79 Å². The first-order valence-electron chi connectivity index (χ1n) is 4.21. The van der Waals surface area contributed by atoms with Gasteiger partial charge in [-0.1, -0.05) is 0 Å². The van der Waals surface area contributed by atoms with Crippen molar-refractivity contribution in [2.24, 2.45) is 0 Å². The molecule has 2 N–H and O–H groups in total. The predicted molar refractivity (Wildman–Crippen MR) is 44.1 cm³/mol. The maximum Gasteiger partial charge on any atom is 0.320 e. The third-order valence-electron chi connectivity index (χ3n) is 1.85. The molecule has 0 spiro atoms. The van der Waals surface area contributed by atoms with Gasteiger partial charge < -0.3 is 15.2 Å². The summed E-state index contributed by atoms with van der Waals surface area (Å²) in [5.41, 5.74) is 0. The Hall–Kier alpha value is -0.610. The van der Waals surface area contributed by atoms with Crippen LogP contribution in [0.25, 0.3) is 0 Å². The lowest BCUT2D eigenvalue weighted by Gasteiger charge is -2.13. The third kappa shape index (κ3) is 2.46. The van der Waals surface area contributed by atoms with Crippen LogP contribution in [0.2, 0.25) is 0 Å². The SMILES string of the molecule is CC(C)OC1CN[C@@H](C(=O)O)C1. The number of carbonyl (C=O) groups is 1. The zero-order chi connectivity index (χ0) is 9.14. The summed E-state index contributed by atoms with van der Waals surface area (Å²) in [4.78, 5) is 10.5. The van der Waals surface area contributed by atoms with Gasteiger partial charge >= 0.3 is 5.97 Å². The summed E-state index contributed by atoms with van der Waals surface area (Å²) in [7, 11) is 0. The van der Waals surface area contributed by atoms with Crippen molar-refractivity contribution < 1.29 is 14.6 Å². The van der Waals surface area contributed by atoms with Crippen LogP contribution in [0.1, 0.15) is 20.3 Å². The minimum absolute atomic E-state index is 0.0612. The molecule has 0 saturated carbocycles. The summed E-state index contributed by atoms with van der Waals surface area (Å²) < 4.78 is 5.47.